The van der Waals surface area contributed by atoms with E-state index in [9.17, 15) is 24.3 Å². The van der Waals surface area contributed by atoms with E-state index < -0.39 is 65.2 Å². The molecule has 0 unspecified atom stereocenters. The Labute approximate surface area is 295 Å². The number of amides is 3. The molecule has 8 atom stereocenters. The molecule has 0 radical (unpaired) electrons. The van der Waals surface area contributed by atoms with E-state index in [0.717, 1.165) is 5.56 Å². The van der Waals surface area contributed by atoms with Gasteiger partial charge in [-0.05, 0) is 64.5 Å². The SMILES string of the molecule is C=CCCC(=O)N[C@H](C)[C@@H](OC(=O)[C@@H]1[C@H]2C(=O)N([C@@H](CO)Cc3ccccc3)[C@H](C(=O)N(CC=C)C(C)(C)C)[C@]23CC[C@H]1O3)c1ccccc1. The first-order valence-electron chi connectivity index (χ1n) is 17.6. The molecule has 3 amide bonds. The van der Waals surface area contributed by atoms with Gasteiger partial charge in [0, 0.05) is 18.5 Å². The molecule has 2 N–H and O–H groups in total. The van der Waals surface area contributed by atoms with Gasteiger partial charge in [0.2, 0.25) is 17.7 Å². The highest BCUT2D eigenvalue weighted by Crippen LogP contribution is 2.59. The Morgan fingerprint density at radius 2 is 1.76 bits per heavy atom. The van der Waals surface area contributed by atoms with E-state index in [-0.39, 0.29) is 31.4 Å². The molecule has 3 fully saturated rings. The zero-order valence-corrected chi connectivity index (χ0v) is 29.6. The number of carbonyl (C=O) groups excluding carboxylic acids is 4. The molecule has 3 aliphatic rings. The lowest BCUT2D eigenvalue weighted by Gasteiger charge is -2.43. The maximum atomic E-state index is 14.8. The van der Waals surface area contributed by atoms with Gasteiger partial charge in [0.1, 0.15) is 17.7 Å². The molecule has 3 saturated heterocycles. The van der Waals surface area contributed by atoms with Crippen LogP contribution in [0.2, 0.25) is 0 Å². The third-order valence-electron chi connectivity index (χ3n) is 10.3. The van der Waals surface area contributed by atoms with Crippen molar-refractivity contribution in [3.05, 3.63) is 97.1 Å². The summed E-state index contributed by atoms with van der Waals surface area (Å²) in [4.78, 5) is 59.9. The number of aliphatic hydroxyl groups excluding tert-OH is 1. The van der Waals surface area contributed by atoms with E-state index in [1.165, 1.54) is 4.90 Å². The number of carbonyl (C=O) groups is 4. The highest BCUT2D eigenvalue weighted by Gasteiger charge is 2.76. The zero-order chi connectivity index (χ0) is 36.2. The largest absolute Gasteiger partial charge is 0.455 e. The van der Waals surface area contributed by atoms with Crippen LogP contribution in [0, 0.1) is 11.8 Å². The molecule has 10 heteroatoms. The summed E-state index contributed by atoms with van der Waals surface area (Å²) < 4.78 is 13.0. The van der Waals surface area contributed by atoms with Crippen molar-refractivity contribution in [2.75, 3.05) is 13.2 Å². The molecular weight excluding hydrogens is 634 g/mol. The average molecular weight is 686 g/mol. The number of nitrogens with one attached hydrogen (secondary N) is 1. The fourth-order valence-electron chi connectivity index (χ4n) is 8.08. The molecule has 2 aromatic carbocycles. The van der Waals surface area contributed by atoms with E-state index in [2.05, 4.69) is 18.5 Å². The predicted molar refractivity (Wildman–Crippen MR) is 189 cm³/mol. The molecule has 268 valence electrons. The monoisotopic (exact) mass is 685 g/mol. The van der Waals surface area contributed by atoms with Gasteiger partial charge in [-0.2, -0.15) is 0 Å². The Balaban J connectivity index is 1.52. The summed E-state index contributed by atoms with van der Waals surface area (Å²) in [5.74, 6) is -3.51. The van der Waals surface area contributed by atoms with Crippen molar-refractivity contribution in [2.24, 2.45) is 11.8 Å². The number of fused-ring (bicyclic) bond motifs is 1. The van der Waals surface area contributed by atoms with E-state index in [1.54, 1.807) is 24.0 Å². The van der Waals surface area contributed by atoms with Crippen molar-refractivity contribution in [2.45, 2.75) is 101 Å². The fourth-order valence-corrected chi connectivity index (χ4v) is 8.08. The number of allylic oxidation sites excluding steroid dienone is 1. The van der Waals surface area contributed by atoms with Gasteiger partial charge in [-0.15, -0.1) is 13.2 Å². The minimum atomic E-state index is -1.29. The molecule has 1 spiro atoms. The van der Waals surface area contributed by atoms with E-state index in [0.29, 0.717) is 31.2 Å². The van der Waals surface area contributed by atoms with E-state index >= 15 is 0 Å². The smallest absolute Gasteiger partial charge is 0.313 e. The van der Waals surface area contributed by atoms with Crippen molar-refractivity contribution in [3.8, 4) is 0 Å². The third-order valence-corrected chi connectivity index (χ3v) is 10.3. The summed E-state index contributed by atoms with van der Waals surface area (Å²) >= 11 is 0. The fraction of sp³-hybridized carbons (Fsp3) is 0.500. The first-order valence-corrected chi connectivity index (χ1v) is 17.6. The maximum Gasteiger partial charge on any atom is 0.313 e. The average Bonchev–Trinajstić information content (AvgIpc) is 3.74. The molecule has 10 nitrogen and oxygen atoms in total. The molecule has 5 rings (SSSR count). The van der Waals surface area contributed by atoms with Crippen LogP contribution < -0.4 is 5.32 Å². The number of nitrogens with zero attached hydrogens (tertiary/aromatic N) is 2. The number of hydrogen-bond acceptors (Lipinski definition) is 7. The van der Waals surface area contributed by atoms with Crippen molar-refractivity contribution in [3.63, 3.8) is 0 Å². The van der Waals surface area contributed by atoms with Gasteiger partial charge in [-0.3, -0.25) is 19.2 Å². The predicted octanol–water partition coefficient (Wildman–Crippen LogP) is 4.53. The van der Waals surface area contributed by atoms with Gasteiger partial charge in [0.05, 0.1) is 36.6 Å². The number of likely N-dealkylation sites (tertiary alicyclic amines) is 1. The number of rotatable bonds is 15. The van der Waals surface area contributed by atoms with Gasteiger partial charge in [-0.25, -0.2) is 0 Å². The number of benzene rings is 2. The van der Waals surface area contributed by atoms with Crippen LogP contribution in [0.5, 0.6) is 0 Å². The minimum absolute atomic E-state index is 0.198. The van der Waals surface area contributed by atoms with Gasteiger partial charge >= 0.3 is 5.97 Å². The van der Waals surface area contributed by atoms with Crippen LogP contribution in [0.4, 0.5) is 0 Å². The molecular formula is C40H51N3O7. The van der Waals surface area contributed by atoms with Crippen LogP contribution in [-0.2, 0) is 35.1 Å². The standard InChI is InChI=1S/C40H51N3O7/c1-7-9-20-31(45)41-26(3)34(28-18-14-11-15-19-28)49-38(48)32-30-21-22-40(50-30)33(32)36(46)43(29(25-44)24-27-16-12-10-13-17-27)35(40)37(47)42(23-8-2)39(4,5)6/h7-8,10-19,26,29-30,32-35,44H,1-2,9,20-25H2,3-6H3,(H,41,45)/t26-,29-,30-,32+,33+,34-,35-,40+/m1/s1. The van der Waals surface area contributed by atoms with Gasteiger partial charge < -0.3 is 29.7 Å². The summed E-state index contributed by atoms with van der Waals surface area (Å²) in [6.45, 7) is 15.0. The summed E-state index contributed by atoms with van der Waals surface area (Å²) in [5, 5.41) is 13.8. The van der Waals surface area contributed by atoms with Gasteiger partial charge in [0.15, 0.2) is 0 Å². The van der Waals surface area contributed by atoms with Crippen LogP contribution >= 0.6 is 0 Å². The second kappa shape index (κ2) is 15.3. The maximum absolute atomic E-state index is 14.8. The highest BCUT2D eigenvalue weighted by molar-refractivity contribution is 5.98. The number of ether oxygens (including phenoxy) is 2. The first kappa shape index (κ1) is 37.0. The van der Waals surface area contributed by atoms with Crippen LogP contribution in [0.1, 0.15) is 70.6 Å². The molecule has 3 heterocycles. The topological polar surface area (TPSA) is 125 Å². The lowest BCUT2D eigenvalue weighted by molar-refractivity contribution is -0.163. The highest BCUT2D eigenvalue weighted by atomic mass is 16.6. The molecule has 3 aliphatic heterocycles. The first-order chi connectivity index (χ1) is 23.9. The Bertz CT molecular complexity index is 1560. The summed E-state index contributed by atoms with van der Waals surface area (Å²) in [5.41, 5.74) is -0.316. The zero-order valence-electron chi connectivity index (χ0n) is 29.6. The second-order valence-electron chi connectivity index (χ2n) is 14.7. The number of aliphatic hydroxyl groups is 1. The van der Waals surface area contributed by atoms with Crippen molar-refractivity contribution >= 4 is 23.7 Å². The van der Waals surface area contributed by atoms with Gasteiger partial charge in [0.25, 0.3) is 0 Å². The van der Waals surface area contributed by atoms with Crippen molar-refractivity contribution in [1.29, 1.82) is 0 Å². The Morgan fingerprint density at radius 3 is 2.36 bits per heavy atom. The molecule has 2 bridgehead atoms. The lowest BCUT2D eigenvalue weighted by Crippen LogP contribution is -2.61. The third kappa shape index (κ3) is 7.14. The molecule has 50 heavy (non-hydrogen) atoms. The van der Waals surface area contributed by atoms with Crippen molar-refractivity contribution < 1.29 is 33.8 Å². The Kier molecular flexibility index (Phi) is 11.3. The van der Waals surface area contributed by atoms with E-state index in [4.69, 9.17) is 9.47 Å². The summed E-state index contributed by atoms with van der Waals surface area (Å²) in [7, 11) is 0. The second-order valence-corrected chi connectivity index (χ2v) is 14.7. The molecule has 2 aromatic rings. The van der Waals surface area contributed by atoms with Crippen LogP contribution in [0.3, 0.4) is 0 Å². The Hall–Kier alpha value is -4.28. The molecule has 0 aliphatic carbocycles. The van der Waals surface area contributed by atoms with Crippen molar-refractivity contribution in [1.82, 2.24) is 15.1 Å². The van der Waals surface area contributed by atoms with Crippen LogP contribution in [-0.4, -0.2) is 87.1 Å². The molecule has 0 aromatic heterocycles. The summed E-state index contributed by atoms with van der Waals surface area (Å²) in [6.07, 6.45) is 3.78. The lowest BCUT2D eigenvalue weighted by atomic mass is 9.70. The van der Waals surface area contributed by atoms with Gasteiger partial charge in [-0.1, -0.05) is 72.8 Å². The molecule has 0 saturated carbocycles. The minimum Gasteiger partial charge on any atom is -0.455 e. The normalized spacial score (nSPS) is 25.7. The van der Waals surface area contributed by atoms with E-state index in [1.807, 2.05) is 81.4 Å². The van der Waals surface area contributed by atoms with Crippen LogP contribution in [0.25, 0.3) is 0 Å². The number of esters is 1. The number of hydrogen-bond donors (Lipinski definition) is 2. The van der Waals surface area contributed by atoms with Crippen LogP contribution in [0.15, 0.2) is 86.0 Å². The Morgan fingerprint density at radius 1 is 1.10 bits per heavy atom. The quantitative estimate of drug-likeness (QED) is 0.209. The summed E-state index contributed by atoms with van der Waals surface area (Å²) in [6, 6.07) is 16.3.